The molecule has 4 heterocycles. The van der Waals surface area contributed by atoms with Gasteiger partial charge in [0, 0.05) is 0 Å². The summed E-state index contributed by atoms with van der Waals surface area (Å²) in [4.78, 5) is 10.2. The van der Waals surface area contributed by atoms with Crippen LogP contribution < -0.4 is 0 Å². The van der Waals surface area contributed by atoms with E-state index in [9.17, 15) is 0 Å². The lowest BCUT2D eigenvalue weighted by Gasteiger charge is -2.60. The van der Waals surface area contributed by atoms with Crippen LogP contribution in [0.25, 0.3) is 10.8 Å². The van der Waals surface area contributed by atoms with E-state index < -0.39 is 0 Å². The third-order valence-corrected chi connectivity index (χ3v) is 4.72. The molecule has 20 heavy (non-hydrogen) atoms. The first kappa shape index (κ1) is 11.2. The number of nitrogens with zero attached hydrogens (tertiary/aromatic N) is 4. The summed E-state index contributed by atoms with van der Waals surface area (Å²) in [5, 5.41) is 2.75. The predicted molar refractivity (Wildman–Crippen MR) is 78.4 cm³/mol. The van der Waals surface area contributed by atoms with E-state index in [1.165, 1.54) is 16.3 Å². The first-order valence-corrected chi connectivity index (χ1v) is 7.29. The molecule has 0 spiro atoms. The Hall–Kier alpha value is -1.46. The molecule has 6 rings (SSSR count). The standard InChI is InChI=1S/C16H18N4/c1-2-6-14-13(4-1)5-3-7-15(14)16-19-9-17-8-18(11-19)12-20(16)10-17/h1-7,16H,8-12H2. The largest absolute Gasteiger partial charge is 0.264 e. The summed E-state index contributed by atoms with van der Waals surface area (Å²) in [6.07, 6.45) is 0.439. The van der Waals surface area contributed by atoms with Crippen LogP contribution in [-0.2, 0) is 0 Å². The lowest BCUT2D eigenvalue weighted by molar-refractivity contribution is -0.233. The Balaban J connectivity index is 1.65. The van der Waals surface area contributed by atoms with Gasteiger partial charge in [0.15, 0.2) is 0 Å². The number of benzene rings is 2. The number of fused-ring (bicyclic) bond motifs is 1. The van der Waals surface area contributed by atoms with E-state index in [4.69, 9.17) is 0 Å². The Kier molecular flexibility index (Phi) is 2.26. The zero-order chi connectivity index (χ0) is 13.1. The fraction of sp³-hybridized carbons (Fsp3) is 0.375. The van der Waals surface area contributed by atoms with E-state index in [-0.39, 0.29) is 0 Å². The van der Waals surface area contributed by atoms with Crippen LogP contribution in [0, 0.1) is 0 Å². The van der Waals surface area contributed by atoms with E-state index in [1.807, 2.05) is 0 Å². The van der Waals surface area contributed by atoms with Gasteiger partial charge < -0.3 is 0 Å². The highest BCUT2D eigenvalue weighted by atomic mass is 15.7. The van der Waals surface area contributed by atoms with Gasteiger partial charge in [-0.25, -0.2) is 0 Å². The monoisotopic (exact) mass is 266 g/mol. The SMILES string of the molecule is c1ccc2c(C3N4CN5CN(C4)CN3C5)cccc2c1. The van der Waals surface area contributed by atoms with Crippen LogP contribution in [0.4, 0.5) is 0 Å². The van der Waals surface area contributed by atoms with Gasteiger partial charge in [0.05, 0.1) is 39.5 Å². The average Bonchev–Trinajstić information content (AvgIpc) is 2.46. The lowest BCUT2D eigenvalue weighted by atomic mass is 10.00. The second-order valence-electron chi connectivity index (χ2n) is 6.17. The summed E-state index contributed by atoms with van der Waals surface area (Å²) in [6.45, 7) is 5.53. The van der Waals surface area contributed by atoms with Crippen molar-refractivity contribution < 1.29 is 0 Å². The van der Waals surface area contributed by atoms with Crippen molar-refractivity contribution in [2.24, 2.45) is 0 Å². The maximum atomic E-state index is 2.58. The van der Waals surface area contributed by atoms with Crippen LogP contribution in [-0.4, -0.2) is 52.9 Å². The van der Waals surface area contributed by atoms with Crippen molar-refractivity contribution in [1.82, 2.24) is 19.6 Å². The Labute approximate surface area is 118 Å². The molecule has 0 saturated carbocycles. The van der Waals surface area contributed by atoms with E-state index >= 15 is 0 Å². The second-order valence-corrected chi connectivity index (χ2v) is 6.17. The van der Waals surface area contributed by atoms with E-state index in [0.29, 0.717) is 6.17 Å². The van der Waals surface area contributed by atoms with Gasteiger partial charge in [0.1, 0.15) is 0 Å². The van der Waals surface area contributed by atoms with Crippen LogP contribution in [0.1, 0.15) is 11.7 Å². The first-order chi connectivity index (χ1) is 9.88. The van der Waals surface area contributed by atoms with Crippen molar-refractivity contribution in [3.63, 3.8) is 0 Å². The average molecular weight is 266 g/mol. The number of hydrogen-bond acceptors (Lipinski definition) is 4. The van der Waals surface area contributed by atoms with Gasteiger partial charge in [-0.2, -0.15) is 0 Å². The van der Waals surface area contributed by atoms with Crippen LogP contribution in [0.3, 0.4) is 0 Å². The molecule has 0 radical (unpaired) electrons. The van der Waals surface area contributed by atoms with Crippen LogP contribution in [0.15, 0.2) is 42.5 Å². The molecule has 0 unspecified atom stereocenters. The Morgan fingerprint density at radius 1 is 0.700 bits per heavy atom. The molecule has 4 bridgehead atoms. The summed E-state index contributed by atoms with van der Waals surface area (Å²) in [7, 11) is 0. The summed E-state index contributed by atoms with van der Waals surface area (Å²) in [5.74, 6) is 0. The first-order valence-electron chi connectivity index (χ1n) is 7.29. The zero-order valence-electron chi connectivity index (χ0n) is 11.4. The molecule has 102 valence electrons. The molecule has 0 amide bonds. The predicted octanol–water partition coefficient (Wildman–Crippen LogP) is 1.87. The Bertz CT molecular complexity index is 635. The third-order valence-electron chi connectivity index (χ3n) is 4.72. The van der Waals surface area contributed by atoms with Crippen LogP contribution >= 0.6 is 0 Å². The van der Waals surface area contributed by atoms with Gasteiger partial charge in [0.2, 0.25) is 0 Å². The quantitative estimate of drug-likeness (QED) is 0.781. The molecule has 0 atom stereocenters. The van der Waals surface area contributed by atoms with Crippen molar-refractivity contribution in [3.05, 3.63) is 48.0 Å². The molecule has 2 aromatic carbocycles. The lowest BCUT2D eigenvalue weighted by Crippen LogP contribution is -2.72. The molecule has 2 aromatic rings. The summed E-state index contributed by atoms with van der Waals surface area (Å²) >= 11 is 0. The van der Waals surface area contributed by atoms with Crippen molar-refractivity contribution in [1.29, 1.82) is 0 Å². The highest BCUT2D eigenvalue weighted by molar-refractivity contribution is 5.86. The van der Waals surface area contributed by atoms with Crippen molar-refractivity contribution >= 4 is 10.8 Å². The summed E-state index contributed by atoms with van der Waals surface area (Å²) in [5.41, 5.74) is 1.46. The third kappa shape index (κ3) is 1.50. The fourth-order valence-corrected chi connectivity index (χ4v) is 4.08. The molecule has 0 aliphatic carbocycles. The van der Waals surface area contributed by atoms with Crippen molar-refractivity contribution in [2.45, 2.75) is 6.17 Å². The van der Waals surface area contributed by atoms with Crippen molar-refractivity contribution in [3.8, 4) is 0 Å². The summed E-state index contributed by atoms with van der Waals surface area (Å²) in [6, 6.07) is 15.5. The normalized spacial score (nSPS) is 38.5. The number of rotatable bonds is 1. The maximum Gasteiger partial charge on any atom is 0.0933 e. The molecule has 4 heteroatoms. The minimum atomic E-state index is 0.439. The molecule has 4 aliphatic rings. The fourth-order valence-electron chi connectivity index (χ4n) is 4.08. The molecule has 4 saturated heterocycles. The smallest absolute Gasteiger partial charge is 0.0933 e. The van der Waals surface area contributed by atoms with Gasteiger partial charge in [-0.05, 0) is 16.3 Å². The topological polar surface area (TPSA) is 13.0 Å². The number of hydrogen-bond donors (Lipinski definition) is 0. The minimum Gasteiger partial charge on any atom is -0.264 e. The molecular weight excluding hydrogens is 248 g/mol. The highest BCUT2D eigenvalue weighted by Gasteiger charge is 2.44. The second kappa shape index (κ2) is 4.02. The van der Waals surface area contributed by atoms with E-state index in [2.05, 4.69) is 62.1 Å². The molecule has 4 fully saturated rings. The van der Waals surface area contributed by atoms with Gasteiger partial charge in [-0.1, -0.05) is 42.5 Å². The minimum absolute atomic E-state index is 0.439. The van der Waals surface area contributed by atoms with Crippen LogP contribution in [0.5, 0.6) is 0 Å². The Morgan fingerprint density at radius 2 is 1.35 bits per heavy atom. The Morgan fingerprint density at radius 3 is 2.10 bits per heavy atom. The van der Waals surface area contributed by atoms with Gasteiger partial charge in [-0.15, -0.1) is 0 Å². The molecule has 0 aromatic heterocycles. The van der Waals surface area contributed by atoms with Gasteiger partial charge >= 0.3 is 0 Å². The zero-order valence-corrected chi connectivity index (χ0v) is 11.4. The van der Waals surface area contributed by atoms with Crippen molar-refractivity contribution in [2.75, 3.05) is 33.3 Å². The summed E-state index contributed by atoms with van der Waals surface area (Å²) < 4.78 is 0. The van der Waals surface area contributed by atoms with Gasteiger partial charge in [-0.3, -0.25) is 19.6 Å². The highest BCUT2D eigenvalue weighted by Crippen LogP contribution is 2.38. The maximum absolute atomic E-state index is 2.58. The molecule has 4 nitrogen and oxygen atoms in total. The molecule has 4 aliphatic heterocycles. The molecule has 0 N–H and O–H groups in total. The van der Waals surface area contributed by atoms with E-state index in [0.717, 1.165) is 33.3 Å². The molecular formula is C16H18N4. The van der Waals surface area contributed by atoms with E-state index in [1.54, 1.807) is 0 Å². The van der Waals surface area contributed by atoms with Crippen LogP contribution in [0.2, 0.25) is 0 Å². The van der Waals surface area contributed by atoms with Gasteiger partial charge in [0.25, 0.3) is 0 Å².